The number of hydrogen-bond donors (Lipinski definition) is 0. The zero-order chi connectivity index (χ0) is 15.0. The maximum atomic E-state index is 6.36. The van der Waals surface area contributed by atoms with E-state index in [9.17, 15) is 0 Å². The van der Waals surface area contributed by atoms with Crippen LogP contribution in [0.1, 0.15) is 36.0 Å². The molecular formula is C16H16ClIN2S. The van der Waals surface area contributed by atoms with Crippen molar-refractivity contribution in [3.05, 3.63) is 50.0 Å². The minimum Gasteiger partial charge on any atom is -0.324 e. The van der Waals surface area contributed by atoms with Gasteiger partial charge in [0.1, 0.15) is 5.82 Å². The minimum absolute atomic E-state index is 0.0964. The fraction of sp³-hybridized carbons (Fsp3) is 0.312. The topological polar surface area (TPSA) is 17.8 Å². The SMILES string of the molecule is CC(Cl)c1nc2cc(I)ccc2n1C(C)Cc1cccs1. The van der Waals surface area contributed by atoms with Gasteiger partial charge in [-0.15, -0.1) is 22.9 Å². The van der Waals surface area contributed by atoms with Crippen molar-refractivity contribution in [2.45, 2.75) is 31.7 Å². The van der Waals surface area contributed by atoms with Crippen LogP contribution in [0.2, 0.25) is 0 Å². The summed E-state index contributed by atoms with van der Waals surface area (Å²) in [4.78, 5) is 6.14. The second-order valence-electron chi connectivity index (χ2n) is 5.22. The van der Waals surface area contributed by atoms with E-state index in [1.807, 2.05) is 6.92 Å². The van der Waals surface area contributed by atoms with Gasteiger partial charge in [0.05, 0.1) is 16.4 Å². The number of halogens is 2. The summed E-state index contributed by atoms with van der Waals surface area (Å²) in [6.45, 7) is 4.23. The number of aromatic nitrogens is 2. The van der Waals surface area contributed by atoms with E-state index in [1.165, 1.54) is 14.0 Å². The number of imidazole rings is 1. The second-order valence-corrected chi connectivity index (χ2v) is 8.15. The Morgan fingerprint density at radius 3 is 2.81 bits per heavy atom. The van der Waals surface area contributed by atoms with Crippen LogP contribution in [0.15, 0.2) is 35.7 Å². The quantitative estimate of drug-likeness (QED) is 0.377. The molecule has 0 aliphatic rings. The van der Waals surface area contributed by atoms with Crippen molar-refractivity contribution in [1.82, 2.24) is 9.55 Å². The Kier molecular flexibility index (Phi) is 4.57. The lowest BCUT2D eigenvalue weighted by molar-refractivity contribution is 0.538. The first-order valence-corrected chi connectivity index (χ1v) is 9.29. The smallest absolute Gasteiger partial charge is 0.127 e. The standard InChI is InChI=1S/C16H16ClIN2S/c1-10(8-13-4-3-7-21-13)20-15-6-5-12(18)9-14(15)19-16(20)11(2)17/h3-7,9-11H,8H2,1-2H3. The van der Waals surface area contributed by atoms with Crippen LogP contribution in [0.25, 0.3) is 11.0 Å². The molecule has 0 saturated heterocycles. The average Bonchev–Trinajstić information content (AvgIpc) is 3.04. The summed E-state index contributed by atoms with van der Waals surface area (Å²) < 4.78 is 3.49. The van der Waals surface area contributed by atoms with Gasteiger partial charge in [0.15, 0.2) is 0 Å². The van der Waals surface area contributed by atoms with Gasteiger partial charge in [-0.25, -0.2) is 4.98 Å². The predicted molar refractivity (Wildman–Crippen MR) is 99.5 cm³/mol. The monoisotopic (exact) mass is 430 g/mol. The number of thiophene rings is 1. The lowest BCUT2D eigenvalue weighted by atomic mass is 10.2. The Hall–Kier alpha value is -0.590. The molecule has 0 bridgehead atoms. The van der Waals surface area contributed by atoms with Crippen LogP contribution in [0, 0.1) is 3.57 Å². The van der Waals surface area contributed by atoms with Crippen molar-refractivity contribution in [2.24, 2.45) is 0 Å². The summed E-state index contributed by atoms with van der Waals surface area (Å²) in [6.07, 6.45) is 1.01. The molecule has 0 spiro atoms. The number of rotatable bonds is 4. The molecule has 5 heteroatoms. The average molecular weight is 431 g/mol. The Morgan fingerprint density at radius 2 is 2.14 bits per heavy atom. The minimum atomic E-state index is -0.0964. The van der Waals surface area contributed by atoms with E-state index in [2.05, 4.69) is 69.8 Å². The first-order chi connectivity index (χ1) is 10.1. The molecule has 1 aromatic carbocycles. The van der Waals surface area contributed by atoms with Crippen LogP contribution in [-0.2, 0) is 6.42 Å². The summed E-state index contributed by atoms with van der Waals surface area (Å²) in [5.74, 6) is 0.956. The van der Waals surface area contributed by atoms with Crippen molar-refractivity contribution >= 4 is 56.6 Å². The number of hydrogen-bond acceptors (Lipinski definition) is 2. The highest BCUT2D eigenvalue weighted by molar-refractivity contribution is 14.1. The van der Waals surface area contributed by atoms with E-state index in [0.717, 1.165) is 17.8 Å². The molecule has 2 unspecified atom stereocenters. The molecule has 2 nitrogen and oxygen atoms in total. The van der Waals surface area contributed by atoms with Crippen LogP contribution in [0.5, 0.6) is 0 Å². The number of benzene rings is 1. The fourth-order valence-electron chi connectivity index (χ4n) is 2.65. The maximum Gasteiger partial charge on any atom is 0.127 e. The summed E-state index contributed by atoms with van der Waals surface area (Å²) in [6, 6.07) is 11.0. The lowest BCUT2D eigenvalue weighted by Crippen LogP contribution is -2.11. The fourth-order valence-corrected chi connectivity index (χ4v) is 4.10. The molecule has 0 N–H and O–H groups in total. The van der Waals surface area contributed by atoms with Gasteiger partial charge in [0, 0.05) is 20.9 Å². The highest BCUT2D eigenvalue weighted by atomic mass is 127. The molecule has 2 aromatic heterocycles. The largest absolute Gasteiger partial charge is 0.324 e. The zero-order valence-corrected chi connectivity index (χ0v) is 15.6. The molecule has 21 heavy (non-hydrogen) atoms. The second kappa shape index (κ2) is 6.26. The number of nitrogens with zero attached hydrogens (tertiary/aromatic N) is 2. The van der Waals surface area contributed by atoms with Crippen molar-refractivity contribution in [2.75, 3.05) is 0 Å². The maximum absolute atomic E-state index is 6.36. The summed E-state index contributed by atoms with van der Waals surface area (Å²) in [7, 11) is 0. The van der Waals surface area contributed by atoms with Crippen LogP contribution < -0.4 is 0 Å². The zero-order valence-electron chi connectivity index (χ0n) is 11.9. The molecular weight excluding hydrogens is 415 g/mol. The Bertz CT molecular complexity index is 749. The molecule has 2 heterocycles. The van der Waals surface area contributed by atoms with E-state index < -0.39 is 0 Å². The Balaban J connectivity index is 2.08. The van der Waals surface area contributed by atoms with Crippen molar-refractivity contribution in [1.29, 1.82) is 0 Å². The molecule has 0 aliphatic carbocycles. The third-order valence-electron chi connectivity index (χ3n) is 3.55. The molecule has 3 rings (SSSR count). The van der Waals surface area contributed by atoms with Crippen LogP contribution >= 0.6 is 45.5 Å². The Labute approximate surface area is 147 Å². The van der Waals surface area contributed by atoms with Crippen LogP contribution in [-0.4, -0.2) is 9.55 Å². The molecule has 110 valence electrons. The highest BCUT2D eigenvalue weighted by Gasteiger charge is 2.19. The van der Waals surface area contributed by atoms with E-state index in [1.54, 1.807) is 11.3 Å². The van der Waals surface area contributed by atoms with E-state index in [-0.39, 0.29) is 5.38 Å². The lowest BCUT2D eigenvalue weighted by Gasteiger charge is -2.18. The summed E-state index contributed by atoms with van der Waals surface area (Å²) >= 11 is 10.5. The normalized spacial score (nSPS) is 14.5. The molecule has 2 atom stereocenters. The number of alkyl halides is 1. The van der Waals surface area contributed by atoms with Gasteiger partial charge < -0.3 is 4.57 Å². The van der Waals surface area contributed by atoms with Gasteiger partial charge in [-0.2, -0.15) is 0 Å². The molecule has 3 aromatic rings. The van der Waals surface area contributed by atoms with Crippen molar-refractivity contribution in [3.8, 4) is 0 Å². The molecule has 0 amide bonds. The highest BCUT2D eigenvalue weighted by Crippen LogP contribution is 2.30. The first kappa shape index (κ1) is 15.3. The molecule has 0 aliphatic heterocycles. The summed E-state index contributed by atoms with van der Waals surface area (Å²) in [5, 5.41) is 2.03. The molecule has 0 saturated carbocycles. The van der Waals surface area contributed by atoms with E-state index in [4.69, 9.17) is 16.6 Å². The Morgan fingerprint density at radius 1 is 1.33 bits per heavy atom. The van der Waals surface area contributed by atoms with Gasteiger partial charge >= 0.3 is 0 Å². The van der Waals surface area contributed by atoms with Crippen molar-refractivity contribution in [3.63, 3.8) is 0 Å². The van der Waals surface area contributed by atoms with Gasteiger partial charge in [-0.1, -0.05) is 6.07 Å². The van der Waals surface area contributed by atoms with Gasteiger partial charge in [-0.05, 0) is 66.1 Å². The summed E-state index contributed by atoms with van der Waals surface area (Å²) in [5.41, 5.74) is 2.20. The molecule has 0 fully saturated rings. The van der Waals surface area contributed by atoms with Gasteiger partial charge in [0.2, 0.25) is 0 Å². The molecule has 0 radical (unpaired) electrons. The first-order valence-electron chi connectivity index (χ1n) is 6.90. The van der Waals surface area contributed by atoms with Crippen molar-refractivity contribution < 1.29 is 0 Å². The van der Waals surface area contributed by atoms with Gasteiger partial charge in [0.25, 0.3) is 0 Å². The number of fused-ring (bicyclic) bond motifs is 1. The predicted octanol–water partition coefficient (Wildman–Crippen LogP) is 5.81. The third kappa shape index (κ3) is 3.12. The third-order valence-corrected chi connectivity index (χ3v) is 5.32. The van der Waals surface area contributed by atoms with Gasteiger partial charge in [-0.3, -0.25) is 0 Å². The van der Waals surface area contributed by atoms with E-state index >= 15 is 0 Å². The van der Waals surface area contributed by atoms with E-state index in [0.29, 0.717) is 6.04 Å². The van der Waals surface area contributed by atoms with Crippen LogP contribution in [0.4, 0.5) is 0 Å². The van der Waals surface area contributed by atoms with Crippen LogP contribution in [0.3, 0.4) is 0 Å².